The van der Waals surface area contributed by atoms with Gasteiger partial charge < -0.3 is 35.5 Å². The van der Waals surface area contributed by atoms with E-state index < -0.39 is 0 Å². The van der Waals surface area contributed by atoms with Crippen molar-refractivity contribution in [3.63, 3.8) is 0 Å². The molecule has 0 aliphatic carbocycles. The van der Waals surface area contributed by atoms with Gasteiger partial charge in [-0.3, -0.25) is 0 Å². The van der Waals surface area contributed by atoms with E-state index in [9.17, 15) is 0 Å². The summed E-state index contributed by atoms with van der Waals surface area (Å²) in [6.45, 7) is 17.0. The zero-order valence-corrected chi connectivity index (χ0v) is 50.6. The van der Waals surface area contributed by atoms with E-state index in [4.69, 9.17) is 10.2 Å². The van der Waals surface area contributed by atoms with Gasteiger partial charge in [0.15, 0.2) is 0 Å². The molecule has 30 heavy (non-hydrogen) atoms. The normalized spacial score (nSPS) is 6.40. The van der Waals surface area contributed by atoms with Gasteiger partial charge >= 0.3 is 0 Å². The summed E-state index contributed by atoms with van der Waals surface area (Å²) in [5.41, 5.74) is 0. The molecular weight excluding hydrogens is 1180 g/mol. The van der Waals surface area contributed by atoms with Gasteiger partial charge in [0.1, 0.15) is 0 Å². The van der Waals surface area contributed by atoms with Crippen molar-refractivity contribution in [1.29, 1.82) is 0 Å². The second-order valence-electron chi connectivity index (χ2n) is 6.27. The fourth-order valence-electron chi connectivity index (χ4n) is 0. The third-order valence-corrected chi connectivity index (χ3v) is 2.73. The van der Waals surface area contributed by atoms with Crippen LogP contribution in [0, 0.1) is 23.7 Å². The second kappa shape index (κ2) is 83.6. The first kappa shape index (κ1) is 90.0. The molecule has 14 heteroatoms. The van der Waals surface area contributed by atoms with E-state index in [-0.39, 0.29) is 327 Å². The van der Waals surface area contributed by atoms with Crippen molar-refractivity contribution in [2.45, 2.75) is 55.4 Å². The summed E-state index contributed by atoms with van der Waals surface area (Å²) in [6.07, 6.45) is 0. The summed E-state index contributed by atoms with van der Waals surface area (Å²) in [5.74, 6) is 4.06. The first-order valence-corrected chi connectivity index (χ1v) is 8.62. The molecule has 0 aromatic heterocycles. The van der Waals surface area contributed by atoms with Gasteiger partial charge in [0.05, 0.1) is 0 Å². The van der Waals surface area contributed by atoms with Crippen LogP contribution in [0.1, 0.15) is 55.4 Å². The van der Waals surface area contributed by atoms with Crippen LogP contribution in [0.15, 0.2) is 0 Å². The van der Waals surface area contributed by atoms with Gasteiger partial charge in [-0.2, -0.15) is 11.5 Å². The molecule has 0 rings (SSSR count). The average molecular weight is 1220 g/mol. The molecule has 0 saturated carbocycles. The van der Waals surface area contributed by atoms with E-state index >= 15 is 0 Å². The van der Waals surface area contributed by atoms with E-state index in [1.807, 2.05) is 27.7 Å². The van der Waals surface area contributed by atoms with Crippen molar-refractivity contribution in [2.75, 3.05) is 24.7 Å². The van der Waals surface area contributed by atoms with Crippen LogP contribution < -0.4 is 0 Å². The Morgan fingerprint density at radius 3 is 0.467 bits per heavy atom. The smallest absolute Gasteiger partial charge is 0.0453 e. The molecule has 158 valence electrons. The van der Waals surface area contributed by atoms with Crippen molar-refractivity contribution < 1.29 is 337 Å². The largest absolute Gasteiger partial charge is 0.792 e. The van der Waals surface area contributed by atoms with E-state index in [1.165, 1.54) is 0 Å². The Hall–Kier alpha value is 11.7. The standard InChI is InChI=1S/2C4H10O.2C4H10S.10Y/c4*1-4(2)3-5;;;;;;;;;;/h4*4-5H,3H2,1-2H3;;;;;;;;;;/p-2. The van der Waals surface area contributed by atoms with Crippen LogP contribution >= 0.6 is 0 Å². The van der Waals surface area contributed by atoms with Crippen LogP contribution in [-0.2, 0) is 352 Å². The van der Waals surface area contributed by atoms with Crippen molar-refractivity contribution in [3.8, 4) is 0 Å². The van der Waals surface area contributed by atoms with Gasteiger partial charge in [-0.15, -0.1) is 0 Å². The Morgan fingerprint density at radius 2 is 0.467 bits per heavy atom. The molecule has 0 saturated heterocycles. The first-order chi connectivity index (χ1) is 9.08. The topological polar surface area (TPSA) is 40.5 Å². The first-order valence-electron chi connectivity index (χ1n) is 7.46. The number of hydrogen-bond acceptors (Lipinski definition) is 4. The van der Waals surface area contributed by atoms with Crippen LogP contribution in [0.5, 0.6) is 0 Å². The molecule has 10 radical (unpaired) electrons. The minimum absolute atomic E-state index is 0. The number of aliphatic hydroxyl groups is 2. The molecule has 2 nitrogen and oxygen atoms in total. The maximum atomic E-state index is 8.14. The summed E-state index contributed by atoms with van der Waals surface area (Å²) in [4.78, 5) is 0. The number of aliphatic hydroxyl groups excluding tert-OH is 2. The molecule has 0 aliphatic rings. The summed E-state index contributed by atoms with van der Waals surface area (Å²) in [7, 11) is 0. The van der Waals surface area contributed by atoms with E-state index in [1.54, 1.807) is 0 Å². The zero-order chi connectivity index (χ0) is 17.1. The third-order valence-electron chi connectivity index (χ3n) is 1.40. The summed E-state index contributed by atoms with van der Waals surface area (Å²) in [5, 5.41) is 16.3. The summed E-state index contributed by atoms with van der Waals surface area (Å²) < 4.78 is 0. The molecule has 0 bridgehead atoms. The van der Waals surface area contributed by atoms with Gasteiger partial charge in [0.2, 0.25) is 0 Å². The van der Waals surface area contributed by atoms with E-state index in [2.05, 4.69) is 53.0 Å². The Labute approximate surface area is 453 Å². The van der Waals surface area contributed by atoms with E-state index in [0.29, 0.717) is 36.9 Å². The Balaban J connectivity index is -0.00000000853. The van der Waals surface area contributed by atoms with Gasteiger partial charge in [0.25, 0.3) is 0 Å². The molecule has 0 amide bonds. The monoisotopic (exact) mass is 1220 g/mol. The molecule has 0 aromatic rings. The SMILES string of the molecule is CC(C)CO.CC(C)CO.CC(C)C[S-].CC(C)C[S-].[Y].[Y].[Y].[Y].[Y].[Y].[Y].[Y].[Y].[Y]. The number of rotatable bonds is 4. The minimum atomic E-state index is 0. The maximum Gasteiger partial charge on any atom is 0.0453 e. The average Bonchev–Trinajstić information content (AvgIpc) is 2.40. The van der Waals surface area contributed by atoms with Crippen LogP contribution in [0.25, 0.3) is 0 Å². The van der Waals surface area contributed by atoms with Crippen LogP contribution in [0.4, 0.5) is 0 Å². The van der Waals surface area contributed by atoms with Crippen LogP contribution in [0.3, 0.4) is 0 Å². The molecule has 0 spiro atoms. The van der Waals surface area contributed by atoms with Gasteiger partial charge in [0, 0.05) is 340 Å². The second-order valence-corrected chi connectivity index (χ2v) is 6.94. The molecule has 2 N–H and O–H groups in total. The van der Waals surface area contributed by atoms with E-state index in [0.717, 1.165) is 11.5 Å². The van der Waals surface area contributed by atoms with Gasteiger partial charge in [-0.05, 0) is 11.8 Å². The predicted molar refractivity (Wildman–Crippen MR) is 98.0 cm³/mol. The Bertz CT molecular complexity index is 134. The predicted octanol–water partition coefficient (Wildman–Crippen LogP) is 3.62. The Morgan fingerprint density at radius 1 is 0.400 bits per heavy atom. The fraction of sp³-hybridized carbons (Fsp3) is 1.00. The van der Waals surface area contributed by atoms with Gasteiger partial charge in [-0.25, -0.2) is 0 Å². The summed E-state index contributed by atoms with van der Waals surface area (Å²) >= 11 is 9.35. The Kier molecular flexibility index (Phi) is 251. The van der Waals surface area contributed by atoms with Crippen molar-refractivity contribution in [1.82, 2.24) is 0 Å². The molecular formula is C16H38O2S2Y10-2. The number of hydrogen-bond donors (Lipinski definition) is 2. The third kappa shape index (κ3) is 153. The van der Waals surface area contributed by atoms with Crippen molar-refractivity contribution in [3.05, 3.63) is 0 Å². The molecule has 0 heterocycles. The fourth-order valence-corrected chi connectivity index (χ4v) is 0. The van der Waals surface area contributed by atoms with Crippen molar-refractivity contribution >= 4 is 25.3 Å². The van der Waals surface area contributed by atoms with Crippen LogP contribution in [0.2, 0.25) is 0 Å². The van der Waals surface area contributed by atoms with Crippen molar-refractivity contribution in [2.24, 2.45) is 23.7 Å². The quantitative estimate of drug-likeness (QED) is 0.423. The molecule has 0 aromatic carbocycles. The maximum absolute atomic E-state index is 8.14. The van der Waals surface area contributed by atoms with Gasteiger partial charge in [-0.1, -0.05) is 67.2 Å². The molecule has 0 fully saturated rings. The minimum Gasteiger partial charge on any atom is -0.792 e. The summed E-state index contributed by atoms with van der Waals surface area (Å²) in [6, 6.07) is 0. The van der Waals surface area contributed by atoms with Crippen LogP contribution in [-0.4, -0.2) is 34.9 Å². The molecule has 0 atom stereocenters. The zero-order valence-electron chi connectivity index (χ0n) is 20.6. The molecule has 0 unspecified atom stereocenters. The molecule has 0 aliphatic heterocycles.